The van der Waals surface area contributed by atoms with Crippen molar-refractivity contribution in [2.45, 2.75) is 63.8 Å². The number of carboxylic acid groups (broad SMARTS) is 1. The lowest BCUT2D eigenvalue weighted by molar-refractivity contribution is -0.137. The van der Waals surface area contributed by atoms with E-state index in [1.165, 1.54) is 30.6 Å². The van der Waals surface area contributed by atoms with Crippen LogP contribution in [0.15, 0.2) is 41.3 Å². The number of hydrogen-bond donors (Lipinski definition) is 2. The Morgan fingerprint density at radius 2 is 1.74 bits per heavy atom. The largest absolute Gasteiger partial charge is 0.481 e. The van der Waals surface area contributed by atoms with Gasteiger partial charge in [0, 0.05) is 13.5 Å². The van der Waals surface area contributed by atoms with Crippen LogP contribution in [-0.2, 0) is 19.1 Å². The van der Waals surface area contributed by atoms with E-state index in [0.717, 1.165) is 24.8 Å². The molecule has 1 unspecified atom stereocenters. The van der Waals surface area contributed by atoms with Crippen LogP contribution in [0.25, 0.3) is 0 Å². The highest BCUT2D eigenvalue weighted by molar-refractivity contribution is 7.92. The summed E-state index contributed by atoms with van der Waals surface area (Å²) in [5, 5.41) is 12.1. The zero-order valence-electron chi connectivity index (χ0n) is 21.0. The van der Waals surface area contributed by atoms with E-state index in [9.17, 15) is 17.6 Å². The van der Waals surface area contributed by atoms with Crippen LogP contribution in [0.4, 0.5) is 10.1 Å². The molecule has 10 heteroatoms. The summed E-state index contributed by atoms with van der Waals surface area (Å²) in [4.78, 5) is 10.7. The van der Waals surface area contributed by atoms with Crippen LogP contribution in [0.5, 0.6) is 0 Å². The topological polar surface area (TPSA) is 95.9 Å². The zero-order valence-corrected chi connectivity index (χ0v) is 22.5. The summed E-state index contributed by atoms with van der Waals surface area (Å²) in [5.41, 5.74) is 2.02. The standard InChI is InChI=1S/C22H27FN2O4S.C2H6.CH3ClO/c1-15-13-20-17(14-18(15)23)22(24-12-8-4-3-5-11-21(26)27)16-9-6-7-10-19(16)25(2)30(20,28)29;1-2;1-3-2/h6-7,9-10,13-14,22,24H,3-5,8,11-12H2,1-2H3,(H,26,27);1-2H3;1H3. The number of para-hydroxylation sites is 1. The van der Waals surface area contributed by atoms with Crippen LogP contribution in [-0.4, -0.2) is 40.2 Å². The number of fused-ring (bicyclic) bond motifs is 2. The van der Waals surface area contributed by atoms with Gasteiger partial charge < -0.3 is 10.4 Å². The molecule has 7 nitrogen and oxygen atoms in total. The van der Waals surface area contributed by atoms with Gasteiger partial charge in [0.05, 0.1) is 35.6 Å². The number of benzene rings is 2. The van der Waals surface area contributed by atoms with Crippen LogP contribution in [0.2, 0.25) is 0 Å². The van der Waals surface area contributed by atoms with Crippen LogP contribution in [0.3, 0.4) is 0 Å². The molecule has 2 aromatic rings. The SMILES string of the molecule is CC.COCl.Cc1cc2c(cc1F)C(NCCCCCCC(=O)O)c1ccccc1N(C)S2(=O)=O. The fourth-order valence-electron chi connectivity index (χ4n) is 3.80. The maximum Gasteiger partial charge on any atom is 0.303 e. The van der Waals surface area contributed by atoms with Gasteiger partial charge in [-0.05, 0) is 61.2 Å². The molecule has 0 spiro atoms. The first-order valence-corrected chi connectivity index (χ1v) is 13.4. The Kier molecular flexibility index (Phi) is 13.2. The Hall–Kier alpha value is -2.20. The predicted octanol–water partition coefficient (Wildman–Crippen LogP) is 5.80. The molecule has 0 aliphatic carbocycles. The molecule has 1 atom stereocenters. The Morgan fingerprint density at radius 3 is 2.37 bits per heavy atom. The normalized spacial score (nSPS) is 15.4. The van der Waals surface area contributed by atoms with Crippen molar-refractivity contribution in [3.63, 3.8) is 0 Å². The van der Waals surface area contributed by atoms with Crippen molar-refractivity contribution >= 4 is 33.5 Å². The average molecular weight is 531 g/mol. The van der Waals surface area contributed by atoms with Gasteiger partial charge in [-0.25, -0.2) is 12.8 Å². The zero-order chi connectivity index (χ0) is 26.6. The molecular formula is C25H36ClFN2O5S. The minimum Gasteiger partial charge on any atom is -0.481 e. The molecule has 0 fully saturated rings. The summed E-state index contributed by atoms with van der Waals surface area (Å²) in [6, 6.07) is 9.50. The summed E-state index contributed by atoms with van der Waals surface area (Å²) in [6.07, 6.45) is 3.29. The Bertz CT molecular complexity index is 1070. The molecule has 3 rings (SSSR count). The highest BCUT2D eigenvalue weighted by Gasteiger charge is 2.35. The smallest absolute Gasteiger partial charge is 0.303 e. The van der Waals surface area contributed by atoms with Gasteiger partial charge in [0.2, 0.25) is 0 Å². The van der Waals surface area contributed by atoms with Gasteiger partial charge in [-0.3, -0.25) is 13.4 Å². The summed E-state index contributed by atoms with van der Waals surface area (Å²) >= 11 is 4.50. The van der Waals surface area contributed by atoms with Crippen LogP contribution >= 0.6 is 11.9 Å². The molecule has 0 amide bonds. The number of aryl methyl sites for hydroxylation is 1. The number of hydrogen-bond acceptors (Lipinski definition) is 5. The minimum absolute atomic E-state index is 0.110. The van der Waals surface area contributed by atoms with Crippen molar-refractivity contribution in [2.75, 3.05) is 25.0 Å². The van der Waals surface area contributed by atoms with Crippen LogP contribution in [0.1, 0.15) is 68.7 Å². The molecule has 0 bridgehead atoms. The molecule has 1 heterocycles. The highest BCUT2D eigenvalue weighted by atomic mass is 35.5. The van der Waals surface area contributed by atoms with Crippen molar-refractivity contribution in [1.29, 1.82) is 0 Å². The van der Waals surface area contributed by atoms with Gasteiger partial charge in [0.25, 0.3) is 10.0 Å². The van der Waals surface area contributed by atoms with E-state index in [-0.39, 0.29) is 16.9 Å². The maximum atomic E-state index is 14.4. The lowest BCUT2D eigenvalue weighted by atomic mass is 9.95. The minimum atomic E-state index is -3.82. The lowest BCUT2D eigenvalue weighted by Gasteiger charge is -2.22. The second-order valence-corrected chi connectivity index (χ2v) is 10.0. The first-order chi connectivity index (χ1) is 16.6. The van der Waals surface area contributed by atoms with Gasteiger partial charge in [-0.15, -0.1) is 0 Å². The third-order valence-electron chi connectivity index (χ3n) is 5.49. The monoisotopic (exact) mass is 530 g/mol. The van der Waals surface area contributed by atoms with Gasteiger partial charge in [0.15, 0.2) is 0 Å². The first kappa shape index (κ1) is 30.8. The van der Waals surface area contributed by atoms with Crippen molar-refractivity contribution in [2.24, 2.45) is 0 Å². The number of nitrogens with one attached hydrogen (secondary N) is 1. The van der Waals surface area contributed by atoms with E-state index in [2.05, 4.69) is 21.5 Å². The van der Waals surface area contributed by atoms with Crippen LogP contribution in [0, 0.1) is 12.7 Å². The van der Waals surface area contributed by atoms with E-state index in [0.29, 0.717) is 24.2 Å². The van der Waals surface area contributed by atoms with Crippen molar-refractivity contribution in [3.8, 4) is 0 Å². The molecular weight excluding hydrogens is 495 g/mol. The number of aliphatic carboxylic acids is 1. The Labute approximate surface area is 213 Å². The highest BCUT2D eigenvalue weighted by Crippen LogP contribution is 2.40. The van der Waals surface area contributed by atoms with Crippen molar-refractivity contribution < 1.29 is 27.0 Å². The number of nitrogens with zero attached hydrogens (tertiary/aromatic N) is 1. The lowest BCUT2D eigenvalue weighted by Crippen LogP contribution is -2.26. The molecule has 35 heavy (non-hydrogen) atoms. The quantitative estimate of drug-likeness (QED) is 0.419. The second-order valence-electron chi connectivity index (χ2n) is 7.77. The molecule has 2 N–H and O–H groups in total. The first-order valence-electron chi connectivity index (χ1n) is 11.6. The number of anilines is 1. The average Bonchev–Trinajstić information content (AvgIpc) is 2.89. The van der Waals surface area contributed by atoms with Gasteiger partial charge in [-0.2, -0.15) is 0 Å². The third-order valence-corrected chi connectivity index (χ3v) is 7.32. The van der Waals surface area contributed by atoms with E-state index in [4.69, 9.17) is 5.11 Å². The molecule has 2 aromatic carbocycles. The molecule has 0 radical (unpaired) electrons. The predicted molar refractivity (Wildman–Crippen MR) is 138 cm³/mol. The van der Waals surface area contributed by atoms with E-state index in [1.807, 2.05) is 26.0 Å². The third kappa shape index (κ3) is 8.17. The molecule has 1 aliphatic rings. The van der Waals surface area contributed by atoms with Crippen molar-refractivity contribution in [3.05, 3.63) is 58.9 Å². The Balaban J connectivity index is 0.00000114. The molecule has 1 aliphatic heterocycles. The summed E-state index contributed by atoms with van der Waals surface area (Å²) in [7, 11) is -0.917. The van der Waals surface area contributed by atoms with E-state index in [1.54, 1.807) is 19.1 Å². The van der Waals surface area contributed by atoms with E-state index < -0.39 is 27.9 Å². The molecule has 196 valence electrons. The summed E-state index contributed by atoms with van der Waals surface area (Å²) in [5.74, 6) is -1.23. The maximum absolute atomic E-state index is 14.4. The second kappa shape index (κ2) is 15.0. The number of unbranched alkanes of at least 4 members (excludes halogenated alkanes) is 3. The number of halogens is 2. The Morgan fingerprint density at radius 1 is 1.14 bits per heavy atom. The fourth-order valence-corrected chi connectivity index (χ4v) is 5.32. The van der Waals surface area contributed by atoms with Crippen molar-refractivity contribution in [1.82, 2.24) is 5.32 Å². The molecule has 0 saturated heterocycles. The summed E-state index contributed by atoms with van der Waals surface area (Å²) < 4.78 is 45.9. The van der Waals surface area contributed by atoms with E-state index >= 15 is 0 Å². The number of carboxylic acids is 1. The van der Waals surface area contributed by atoms with Crippen LogP contribution < -0.4 is 9.62 Å². The fraction of sp³-hybridized carbons (Fsp3) is 0.480. The number of carbonyl (C=O) groups is 1. The van der Waals surface area contributed by atoms with Gasteiger partial charge >= 0.3 is 5.97 Å². The number of sulfonamides is 1. The van der Waals surface area contributed by atoms with Gasteiger partial charge in [-0.1, -0.05) is 44.9 Å². The van der Waals surface area contributed by atoms with Gasteiger partial charge in [0.1, 0.15) is 5.82 Å². The summed E-state index contributed by atoms with van der Waals surface area (Å²) in [6.45, 7) is 6.16. The molecule has 0 saturated carbocycles. The number of rotatable bonds is 8. The molecule has 0 aromatic heterocycles.